The first kappa shape index (κ1) is 29.3. The molecule has 0 saturated carbocycles. The number of fused-ring (bicyclic) bond motifs is 5. The monoisotopic (exact) mass is 649 g/mol. The molecule has 0 radical (unpaired) electrons. The number of phenols is 1. The molecule has 8 rings (SSSR count). The molecule has 1 N–H and O–H groups in total. The lowest BCUT2D eigenvalue weighted by molar-refractivity contribution is 0.107. The van der Waals surface area contributed by atoms with Crippen molar-refractivity contribution in [3.63, 3.8) is 0 Å². The maximum absolute atomic E-state index is 16.8. The van der Waals surface area contributed by atoms with Gasteiger partial charge in [-0.2, -0.15) is 9.97 Å². The van der Waals surface area contributed by atoms with Crippen molar-refractivity contribution in [3.05, 3.63) is 47.7 Å². The second-order valence-electron chi connectivity index (χ2n) is 12.9. The Balaban J connectivity index is 1.28. The van der Waals surface area contributed by atoms with E-state index < -0.39 is 43.7 Å². The van der Waals surface area contributed by atoms with Gasteiger partial charge in [0.25, 0.3) is 0 Å². The molecule has 13 heteroatoms. The first-order valence-corrected chi connectivity index (χ1v) is 17.0. The summed E-state index contributed by atoms with van der Waals surface area (Å²) in [6.45, 7) is 1.56. The van der Waals surface area contributed by atoms with Gasteiger partial charge in [-0.05, 0) is 55.8 Å². The van der Waals surface area contributed by atoms with Crippen LogP contribution in [-0.2, 0) is 9.84 Å². The molecular weight excluding hydrogens is 619 g/mol. The number of benzene rings is 2. The molecule has 9 nitrogen and oxygen atoms in total. The molecule has 2 aromatic heterocycles. The van der Waals surface area contributed by atoms with Crippen molar-refractivity contribution < 1.29 is 31.4 Å². The Hall–Kier alpha value is -4.15. The third-order valence-corrected chi connectivity index (χ3v) is 12.8. The Morgan fingerprint density at radius 2 is 1.91 bits per heavy atom. The summed E-state index contributed by atoms with van der Waals surface area (Å²) in [4.78, 5) is 17.5. The lowest BCUT2D eigenvalue weighted by Crippen LogP contribution is -2.47. The predicted molar refractivity (Wildman–Crippen MR) is 166 cm³/mol. The van der Waals surface area contributed by atoms with Crippen LogP contribution < -0.4 is 9.64 Å². The van der Waals surface area contributed by atoms with E-state index in [9.17, 15) is 22.3 Å². The summed E-state index contributed by atoms with van der Waals surface area (Å²) >= 11 is 0. The summed E-state index contributed by atoms with van der Waals surface area (Å²) in [5, 5.41) is 10.2. The summed E-state index contributed by atoms with van der Waals surface area (Å²) in [6, 6.07) is 5.17. The quantitative estimate of drug-likeness (QED) is 0.312. The number of hydrogen-bond donors (Lipinski definition) is 1. The number of halogens is 3. The van der Waals surface area contributed by atoms with Gasteiger partial charge in [-0.25, -0.2) is 21.6 Å². The van der Waals surface area contributed by atoms with Gasteiger partial charge in [0.1, 0.15) is 41.4 Å². The summed E-state index contributed by atoms with van der Waals surface area (Å²) in [5.41, 5.74) is -0.893. The van der Waals surface area contributed by atoms with E-state index in [1.165, 1.54) is 30.5 Å². The highest BCUT2D eigenvalue weighted by Gasteiger charge is 2.50. The first-order chi connectivity index (χ1) is 22.1. The van der Waals surface area contributed by atoms with Gasteiger partial charge >= 0.3 is 6.01 Å². The van der Waals surface area contributed by atoms with Gasteiger partial charge in [-0.1, -0.05) is 12.0 Å². The van der Waals surface area contributed by atoms with Gasteiger partial charge in [-0.3, -0.25) is 9.88 Å². The Morgan fingerprint density at radius 3 is 2.67 bits per heavy atom. The molecule has 2 bridgehead atoms. The normalized spacial score (nSPS) is 26.9. The average molecular weight is 650 g/mol. The van der Waals surface area contributed by atoms with Crippen LogP contribution in [0.3, 0.4) is 0 Å². The van der Waals surface area contributed by atoms with Crippen molar-refractivity contribution in [1.29, 1.82) is 0 Å². The van der Waals surface area contributed by atoms with Gasteiger partial charge < -0.3 is 14.7 Å². The van der Waals surface area contributed by atoms with Crippen LogP contribution in [0, 0.1) is 24.0 Å². The molecule has 4 aliphatic rings. The summed E-state index contributed by atoms with van der Waals surface area (Å²) in [5.74, 6) is 0.873. The second-order valence-corrected chi connectivity index (χ2v) is 15.4. The number of terminal acetylenes is 1. The molecule has 2 aromatic carbocycles. The number of anilines is 1. The Labute approximate surface area is 263 Å². The number of rotatable bonds is 5. The maximum Gasteiger partial charge on any atom is 0.319 e. The molecule has 4 saturated heterocycles. The number of aromatic hydroxyl groups is 1. The van der Waals surface area contributed by atoms with E-state index in [0.29, 0.717) is 31.2 Å². The van der Waals surface area contributed by atoms with E-state index in [1.54, 1.807) is 0 Å². The minimum absolute atomic E-state index is 0.0759. The molecular formula is C33H30F3N5O4S. The number of phenolic OH excluding ortho intramolecular Hbond substituents is 1. The van der Waals surface area contributed by atoms with Gasteiger partial charge in [0.2, 0.25) is 0 Å². The van der Waals surface area contributed by atoms with Crippen LogP contribution >= 0.6 is 0 Å². The number of sulfone groups is 1. The molecule has 46 heavy (non-hydrogen) atoms. The summed E-state index contributed by atoms with van der Waals surface area (Å²) in [6.07, 6.45) is 9.13. The third kappa shape index (κ3) is 4.41. The van der Waals surface area contributed by atoms with E-state index in [4.69, 9.17) is 11.2 Å². The van der Waals surface area contributed by atoms with Gasteiger partial charge in [0.15, 0.2) is 15.7 Å². The standard InChI is InChI=1S/C33H30F3N5O4S/c1-2-23-26(35)7-4-18-10-20(42)11-24(27(18)23)29-28(36)30-25(13-37-29)31(40-15-21-5-6-22(16-40)46(21,43)44)39-32(38-30)45-17-33-8-3-9-41(33)14-19(34)12-33/h1,4,7,10-11,13,19,21-22,42H,3,5-6,8-9,12,14-17H2/t19-,21-,22+,33+/m1/s1. The highest BCUT2D eigenvalue weighted by atomic mass is 32.2. The first-order valence-electron chi connectivity index (χ1n) is 15.4. The van der Waals surface area contributed by atoms with Crippen molar-refractivity contribution in [3.8, 4) is 35.4 Å². The largest absolute Gasteiger partial charge is 0.508 e. The zero-order valence-electron chi connectivity index (χ0n) is 24.7. The number of pyridine rings is 1. The highest BCUT2D eigenvalue weighted by molar-refractivity contribution is 7.93. The Morgan fingerprint density at radius 1 is 1.13 bits per heavy atom. The van der Waals surface area contributed by atoms with Crippen LogP contribution in [0.1, 0.15) is 37.7 Å². The van der Waals surface area contributed by atoms with Gasteiger partial charge in [0, 0.05) is 43.2 Å². The fourth-order valence-corrected chi connectivity index (χ4v) is 10.3. The molecule has 0 aliphatic carbocycles. The number of hydrogen-bond acceptors (Lipinski definition) is 9. The Kier molecular flexibility index (Phi) is 6.64. The number of aromatic nitrogens is 3. The van der Waals surface area contributed by atoms with E-state index in [1.807, 2.05) is 4.90 Å². The molecule has 0 unspecified atom stereocenters. The Bertz CT molecular complexity index is 2070. The average Bonchev–Trinajstić information content (AvgIpc) is 3.56. The topological polar surface area (TPSA) is 109 Å². The molecule has 0 spiro atoms. The fraction of sp³-hybridized carbons (Fsp3) is 0.424. The van der Waals surface area contributed by atoms with Crippen LogP contribution in [0.15, 0.2) is 30.5 Å². The van der Waals surface area contributed by atoms with Crippen molar-refractivity contribution in [1.82, 2.24) is 19.9 Å². The second kappa shape index (κ2) is 10.4. The van der Waals surface area contributed by atoms with Crippen molar-refractivity contribution in [2.24, 2.45) is 0 Å². The number of ether oxygens (including phenoxy) is 1. The van der Waals surface area contributed by atoms with Crippen LogP contribution in [-0.4, -0.2) is 88.4 Å². The molecule has 6 heterocycles. The van der Waals surface area contributed by atoms with E-state index >= 15 is 4.39 Å². The third-order valence-electron chi connectivity index (χ3n) is 10.2. The van der Waals surface area contributed by atoms with Crippen molar-refractivity contribution in [2.45, 2.75) is 54.3 Å². The lowest BCUT2D eigenvalue weighted by Gasteiger charge is -2.33. The zero-order chi connectivity index (χ0) is 32.0. The molecule has 4 aliphatic heterocycles. The fourth-order valence-electron chi connectivity index (χ4n) is 8.02. The minimum atomic E-state index is -3.27. The van der Waals surface area contributed by atoms with Crippen LogP contribution in [0.2, 0.25) is 0 Å². The van der Waals surface area contributed by atoms with Crippen LogP contribution in [0.25, 0.3) is 32.9 Å². The van der Waals surface area contributed by atoms with E-state index in [2.05, 4.69) is 25.8 Å². The molecule has 4 atom stereocenters. The van der Waals surface area contributed by atoms with Crippen LogP contribution in [0.4, 0.5) is 19.0 Å². The predicted octanol–water partition coefficient (Wildman–Crippen LogP) is 4.53. The zero-order valence-corrected chi connectivity index (χ0v) is 25.5. The van der Waals surface area contributed by atoms with Crippen molar-refractivity contribution in [2.75, 3.05) is 37.7 Å². The van der Waals surface area contributed by atoms with E-state index in [0.717, 1.165) is 19.4 Å². The smallest absolute Gasteiger partial charge is 0.319 e. The summed E-state index contributed by atoms with van der Waals surface area (Å²) < 4.78 is 77.9. The minimum Gasteiger partial charge on any atom is -0.508 e. The van der Waals surface area contributed by atoms with Gasteiger partial charge in [-0.15, -0.1) is 6.42 Å². The molecule has 4 fully saturated rings. The SMILES string of the molecule is C#Cc1c(F)ccc2cc(O)cc(-c3ncc4c(N5C[C@H]6CC[C@@H](C5)S6(=O)=O)nc(OC[C@@]56CCCN5C[C@H](F)C6)nc4c3F)c12. The molecule has 4 aromatic rings. The molecule has 238 valence electrons. The van der Waals surface area contributed by atoms with Gasteiger partial charge in [0.05, 0.1) is 27.0 Å². The maximum atomic E-state index is 16.8. The molecule has 0 amide bonds. The number of alkyl halides is 1. The van der Waals surface area contributed by atoms with Crippen LogP contribution in [0.5, 0.6) is 11.8 Å². The number of nitrogens with zero attached hydrogens (tertiary/aromatic N) is 5. The van der Waals surface area contributed by atoms with Crippen molar-refractivity contribution >= 4 is 37.3 Å². The highest BCUT2D eigenvalue weighted by Crippen LogP contribution is 2.43. The van der Waals surface area contributed by atoms with E-state index in [-0.39, 0.29) is 70.4 Å². The lowest BCUT2D eigenvalue weighted by atomic mass is 9.95. The summed E-state index contributed by atoms with van der Waals surface area (Å²) in [7, 11) is -3.27.